The molecule has 1 aromatic carbocycles. The minimum absolute atomic E-state index is 0.0799. The molecule has 0 spiro atoms. The van der Waals surface area contributed by atoms with Crippen molar-refractivity contribution in [3.05, 3.63) is 29.8 Å². The first-order chi connectivity index (χ1) is 11.8. The highest BCUT2D eigenvalue weighted by molar-refractivity contribution is 7.89. The van der Waals surface area contributed by atoms with Gasteiger partial charge in [-0.05, 0) is 49.3 Å². The average Bonchev–Trinajstić information content (AvgIpc) is 2.92. The molecule has 2 N–H and O–H groups in total. The number of carbonyl (C=O) groups is 1. The number of piperidine rings is 1. The molecule has 2 aliphatic heterocycles. The molecule has 138 valence electrons. The Bertz CT molecular complexity index is 704. The van der Waals surface area contributed by atoms with Crippen molar-refractivity contribution in [2.75, 3.05) is 14.1 Å². The second-order valence-corrected chi connectivity index (χ2v) is 9.54. The molecule has 1 amide bonds. The number of amides is 1. The first kappa shape index (κ1) is 18.4. The Morgan fingerprint density at radius 1 is 1.16 bits per heavy atom. The molecule has 1 aromatic rings. The fourth-order valence-electron chi connectivity index (χ4n) is 3.87. The number of carbonyl (C=O) groups excluding carboxylic acids is 1. The summed E-state index contributed by atoms with van der Waals surface area (Å²) < 4.78 is 25.3. The normalized spacial score (nSPS) is 26.0. The van der Waals surface area contributed by atoms with Crippen molar-refractivity contribution in [2.24, 2.45) is 5.92 Å². The zero-order valence-corrected chi connectivity index (χ0v) is 15.7. The summed E-state index contributed by atoms with van der Waals surface area (Å²) in [7, 11) is -0.388. The van der Waals surface area contributed by atoms with Crippen LogP contribution in [0, 0.1) is 5.92 Å². The van der Waals surface area contributed by atoms with Gasteiger partial charge in [0.05, 0.1) is 4.90 Å². The number of fused-ring (bicyclic) bond motifs is 2. The fraction of sp³-hybridized carbons (Fsp3) is 0.611. The molecule has 2 saturated heterocycles. The Morgan fingerprint density at radius 2 is 1.76 bits per heavy atom. The molecule has 6 nitrogen and oxygen atoms in total. The molecule has 7 heteroatoms. The summed E-state index contributed by atoms with van der Waals surface area (Å²) in [4.78, 5) is 12.5. The largest absolute Gasteiger partial charge is 0.352 e. The zero-order chi connectivity index (χ0) is 18.0. The fourth-order valence-corrected chi connectivity index (χ4v) is 4.77. The van der Waals surface area contributed by atoms with Crippen molar-refractivity contribution in [1.82, 2.24) is 14.9 Å². The number of hydrogen-bond donors (Lipinski definition) is 2. The third-order valence-corrected chi connectivity index (χ3v) is 7.07. The lowest BCUT2D eigenvalue weighted by Crippen LogP contribution is -2.39. The number of rotatable bonds is 6. The van der Waals surface area contributed by atoms with Crippen LogP contribution in [0.2, 0.25) is 0 Å². The van der Waals surface area contributed by atoms with Gasteiger partial charge in [-0.2, -0.15) is 0 Å². The van der Waals surface area contributed by atoms with Crippen LogP contribution in [0.1, 0.15) is 37.7 Å². The van der Waals surface area contributed by atoms with Gasteiger partial charge >= 0.3 is 0 Å². The summed E-state index contributed by atoms with van der Waals surface area (Å²) in [6, 6.07) is 7.87. The number of nitrogens with one attached hydrogen (secondary N) is 2. The average molecular weight is 365 g/mol. The predicted octanol–water partition coefficient (Wildman–Crippen LogP) is 1.47. The molecular formula is C18H27N3O3S. The topological polar surface area (TPSA) is 78.5 Å². The van der Waals surface area contributed by atoms with E-state index in [1.165, 1.54) is 31.2 Å². The van der Waals surface area contributed by atoms with Crippen LogP contribution >= 0.6 is 0 Å². The van der Waals surface area contributed by atoms with E-state index in [0.29, 0.717) is 31.0 Å². The minimum Gasteiger partial charge on any atom is -0.352 e. The van der Waals surface area contributed by atoms with Crippen LogP contribution in [-0.4, -0.2) is 44.8 Å². The Hall–Kier alpha value is -1.44. The van der Waals surface area contributed by atoms with Crippen molar-refractivity contribution in [1.29, 1.82) is 0 Å². The quantitative estimate of drug-likeness (QED) is 0.800. The molecule has 0 aromatic heterocycles. The molecule has 2 bridgehead atoms. The van der Waals surface area contributed by atoms with Gasteiger partial charge in [-0.3, -0.25) is 4.79 Å². The van der Waals surface area contributed by atoms with Gasteiger partial charge in [0.25, 0.3) is 0 Å². The smallest absolute Gasteiger partial charge is 0.242 e. The second-order valence-electron chi connectivity index (χ2n) is 7.39. The lowest BCUT2D eigenvalue weighted by molar-refractivity contribution is -0.122. The van der Waals surface area contributed by atoms with Crippen LogP contribution in [0.5, 0.6) is 0 Å². The van der Waals surface area contributed by atoms with Gasteiger partial charge in [0, 0.05) is 39.1 Å². The molecule has 2 aliphatic rings. The lowest BCUT2D eigenvalue weighted by Gasteiger charge is -2.28. The Kier molecular flexibility index (Phi) is 5.46. The first-order valence-electron chi connectivity index (χ1n) is 8.89. The molecule has 25 heavy (non-hydrogen) atoms. The standard InChI is InChI=1S/C18H27N3O3S/c1-21(2)25(23,24)17-7-3-13(4-8-17)12-19-18(22)11-14-9-15-5-6-16(10-14)20-15/h3-4,7-8,14-16,20H,5-6,9-12H2,1-2H3,(H,19,22). The maximum atomic E-state index is 12.2. The van der Waals surface area contributed by atoms with Gasteiger partial charge < -0.3 is 10.6 Å². The number of sulfonamides is 1. The van der Waals surface area contributed by atoms with E-state index < -0.39 is 10.0 Å². The molecular weight excluding hydrogens is 338 g/mol. The van der Waals surface area contributed by atoms with E-state index in [0.717, 1.165) is 18.4 Å². The van der Waals surface area contributed by atoms with Gasteiger partial charge in [-0.1, -0.05) is 12.1 Å². The summed E-state index contributed by atoms with van der Waals surface area (Å²) in [6.45, 7) is 0.430. The van der Waals surface area contributed by atoms with E-state index in [1.54, 1.807) is 24.3 Å². The monoisotopic (exact) mass is 365 g/mol. The predicted molar refractivity (Wildman–Crippen MR) is 96.4 cm³/mol. The van der Waals surface area contributed by atoms with Crippen LogP contribution in [0.3, 0.4) is 0 Å². The van der Waals surface area contributed by atoms with Gasteiger partial charge in [-0.25, -0.2) is 12.7 Å². The molecule has 2 fully saturated rings. The van der Waals surface area contributed by atoms with Crippen molar-refractivity contribution in [3.63, 3.8) is 0 Å². The summed E-state index contributed by atoms with van der Waals surface area (Å²) in [5, 5.41) is 6.55. The van der Waals surface area contributed by atoms with Crippen LogP contribution in [0.25, 0.3) is 0 Å². The summed E-state index contributed by atoms with van der Waals surface area (Å²) >= 11 is 0. The molecule has 0 saturated carbocycles. The first-order valence-corrected chi connectivity index (χ1v) is 10.3. The maximum absolute atomic E-state index is 12.2. The summed E-state index contributed by atoms with van der Waals surface area (Å²) in [5.41, 5.74) is 0.899. The van der Waals surface area contributed by atoms with Gasteiger partial charge in [0.1, 0.15) is 0 Å². The Morgan fingerprint density at radius 3 is 2.32 bits per heavy atom. The third kappa shape index (κ3) is 4.40. The van der Waals surface area contributed by atoms with E-state index in [1.807, 2.05) is 0 Å². The molecule has 3 rings (SSSR count). The van der Waals surface area contributed by atoms with Crippen molar-refractivity contribution < 1.29 is 13.2 Å². The molecule has 2 heterocycles. The van der Waals surface area contributed by atoms with Crippen molar-refractivity contribution in [2.45, 2.75) is 55.6 Å². The van der Waals surface area contributed by atoms with Gasteiger partial charge in [0.2, 0.25) is 15.9 Å². The molecule has 0 radical (unpaired) electrons. The third-order valence-electron chi connectivity index (χ3n) is 5.24. The molecule has 2 unspecified atom stereocenters. The van der Waals surface area contributed by atoms with Gasteiger partial charge in [0.15, 0.2) is 0 Å². The number of hydrogen-bond acceptors (Lipinski definition) is 4. The second kappa shape index (κ2) is 7.43. The highest BCUT2D eigenvalue weighted by Crippen LogP contribution is 2.32. The van der Waals surface area contributed by atoms with Crippen LogP contribution in [-0.2, 0) is 21.4 Å². The van der Waals surface area contributed by atoms with E-state index >= 15 is 0 Å². The zero-order valence-electron chi connectivity index (χ0n) is 14.9. The SMILES string of the molecule is CN(C)S(=O)(=O)c1ccc(CNC(=O)CC2CC3CCC(C2)N3)cc1. The van der Waals surface area contributed by atoms with E-state index in [-0.39, 0.29) is 10.8 Å². The summed E-state index contributed by atoms with van der Waals surface area (Å²) in [5.74, 6) is 0.558. The number of nitrogens with zero attached hydrogens (tertiary/aromatic N) is 1. The Balaban J connectivity index is 1.49. The summed E-state index contributed by atoms with van der Waals surface area (Å²) in [6.07, 6.45) is 5.26. The molecule has 0 aliphatic carbocycles. The van der Waals surface area contributed by atoms with Crippen LogP contribution in [0.4, 0.5) is 0 Å². The highest BCUT2D eigenvalue weighted by atomic mass is 32.2. The van der Waals surface area contributed by atoms with Crippen molar-refractivity contribution in [3.8, 4) is 0 Å². The lowest BCUT2D eigenvalue weighted by atomic mass is 9.89. The Labute approximate surface area is 150 Å². The molecule has 2 atom stereocenters. The van der Waals surface area contributed by atoms with Crippen molar-refractivity contribution >= 4 is 15.9 Å². The van der Waals surface area contributed by atoms with E-state index in [4.69, 9.17) is 0 Å². The van der Waals surface area contributed by atoms with E-state index in [2.05, 4.69) is 10.6 Å². The van der Waals surface area contributed by atoms with E-state index in [9.17, 15) is 13.2 Å². The van der Waals surface area contributed by atoms with Crippen LogP contribution < -0.4 is 10.6 Å². The maximum Gasteiger partial charge on any atom is 0.242 e. The minimum atomic E-state index is -3.41. The van der Waals surface area contributed by atoms with Crippen LogP contribution in [0.15, 0.2) is 29.2 Å². The number of benzene rings is 1. The highest BCUT2D eigenvalue weighted by Gasteiger charge is 2.34. The van der Waals surface area contributed by atoms with Gasteiger partial charge in [-0.15, -0.1) is 0 Å².